The molecule has 3 aromatic rings. The van der Waals surface area contributed by atoms with Gasteiger partial charge >= 0.3 is 6.18 Å². The lowest BCUT2D eigenvalue weighted by molar-refractivity contribution is -0.141. The lowest BCUT2D eigenvalue weighted by atomic mass is 9.89. The van der Waals surface area contributed by atoms with Gasteiger partial charge in [-0.25, -0.2) is 22.5 Å². The smallest absolute Gasteiger partial charge is 0.363 e. The van der Waals surface area contributed by atoms with Gasteiger partial charge in [-0.1, -0.05) is 19.1 Å². The third-order valence-corrected chi connectivity index (χ3v) is 6.34. The van der Waals surface area contributed by atoms with Crippen molar-refractivity contribution in [2.24, 2.45) is 0 Å². The summed E-state index contributed by atoms with van der Waals surface area (Å²) in [5, 5.41) is 10.3. The van der Waals surface area contributed by atoms with Gasteiger partial charge in [0.1, 0.15) is 27.9 Å². The Labute approximate surface area is 193 Å². The van der Waals surface area contributed by atoms with Gasteiger partial charge in [0, 0.05) is 24.2 Å². The molecule has 0 aliphatic rings. The quantitative estimate of drug-likeness (QED) is 0.433. The van der Waals surface area contributed by atoms with E-state index in [2.05, 4.69) is 30.3 Å². The van der Waals surface area contributed by atoms with Gasteiger partial charge in [0.05, 0.1) is 18.9 Å². The van der Waals surface area contributed by atoms with E-state index in [9.17, 15) is 26.0 Å². The predicted octanol–water partition coefficient (Wildman–Crippen LogP) is 3.11. The van der Waals surface area contributed by atoms with Crippen LogP contribution in [0.2, 0.25) is 0 Å². The zero-order chi connectivity index (χ0) is 25.1. The van der Waals surface area contributed by atoms with E-state index < -0.39 is 43.8 Å². The van der Waals surface area contributed by atoms with E-state index in [1.165, 1.54) is 16.8 Å². The number of aryl methyl sites for hydroxylation is 1. The van der Waals surface area contributed by atoms with Crippen molar-refractivity contribution >= 4 is 15.8 Å². The largest absolute Gasteiger partial charge is 0.433 e. The molecule has 0 unspecified atom stereocenters. The highest BCUT2D eigenvalue weighted by molar-refractivity contribution is 7.89. The van der Waals surface area contributed by atoms with Crippen LogP contribution >= 0.6 is 0 Å². The van der Waals surface area contributed by atoms with Gasteiger partial charge in [-0.05, 0) is 31.2 Å². The molecule has 0 aliphatic heterocycles. The van der Waals surface area contributed by atoms with Gasteiger partial charge in [0.25, 0.3) is 0 Å². The maximum Gasteiger partial charge on any atom is 0.433 e. The number of rotatable bonds is 9. The average Bonchev–Trinajstić information content (AvgIpc) is 3.24. The molecule has 0 saturated carbocycles. The normalized spacial score (nSPS) is 12.7. The molecule has 0 bridgehead atoms. The van der Waals surface area contributed by atoms with E-state index >= 15 is 0 Å². The summed E-state index contributed by atoms with van der Waals surface area (Å²) >= 11 is 0. The van der Waals surface area contributed by atoms with Crippen molar-refractivity contribution in [2.45, 2.75) is 50.3 Å². The Balaban J connectivity index is 1.87. The van der Waals surface area contributed by atoms with E-state index in [1.807, 2.05) is 6.92 Å². The molecular weight excluding hydrogens is 478 g/mol. The number of anilines is 1. The van der Waals surface area contributed by atoms with E-state index in [0.29, 0.717) is 24.0 Å². The van der Waals surface area contributed by atoms with Gasteiger partial charge in [-0.15, -0.1) is 5.10 Å². The van der Waals surface area contributed by atoms with E-state index in [1.54, 1.807) is 20.0 Å². The fourth-order valence-corrected chi connectivity index (χ4v) is 4.24. The number of sulfonamides is 1. The molecule has 0 saturated heterocycles. The van der Waals surface area contributed by atoms with Gasteiger partial charge in [-0.3, -0.25) is 9.67 Å². The SMILES string of the molecule is CCn1cc(CNc2nc(C(F)(F)F)ccc2S(=O)(=O)NCC(C)(C)c2ccc(F)cn2)nn1. The van der Waals surface area contributed by atoms with Gasteiger partial charge in [-0.2, -0.15) is 13.2 Å². The minimum absolute atomic E-state index is 0.0954. The maximum absolute atomic E-state index is 13.2. The molecule has 9 nitrogen and oxygen atoms in total. The van der Waals surface area contributed by atoms with Crippen molar-refractivity contribution in [3.8, 4) is 0 Å². The number of hydrogen-bond donors (Lipinski definition) is 2. The number of aromatic nitrogens is 5. The summed E-state index contributed by atoms with van der Waals surface area (Å²) in [4.78, 5) is 7.01. The van der Waals surface area contributed by atoms with Crippen LogP contribution in [-0.2, 0) is 34.7 Å². The lowest BCUT2D eigenvalue weighted by Gasteiger charge is -2.24. The minimum atomic E-state index is -4.77. The second kappa shape index (κ2) is 9.62. The highest BCUT2D eigenvalue weighted by atomic mass is 32.2. The maximum atomic E-state index is 13.2. The van der Waals surface area contributed by atoms with Crippen LogP contribution in [0, 0.1) is 5.82 Å². The zero-order valence-corrected chi connectivity index (χ0v) is 19.4. The molecule has 0 aromatic carbocycles. The Morgan fingerprint density at radius 1 is 1.09 bits per heavy atom. The Bertz CT molecular complexity index is 1240. The molecule has 0 fully saturated rings. The number of halogens is 4. The highest BCUT2D eigenvalue weighted by Crippen LogP contribution is 2.31. The lowest BCUT2D eigenvalue weighted by Crippen LogP contribution is -2.37. The van der Waals surface area contributed by atoms with Gasteiger partial charge < -0.3 is 5.32 Å². The molecule has 184 valence electrons. The summed E-state index contributed by atoms with van der Waals surface area (Å²) in [6.07, 6.45) is -2.18. The third kappa shape index (κ3) is 6.05. The molecule has 3 rings (SSSR count). The minimum Gasteiger partial charge on any atom is -0.363 e. The topological polar surface area (TPSA) is 115 Å². The Hall–Kier alpha value is -3.13. The van der Waals surface area contributed by atoms with Crippen LogP contribution < -0.4 is 10.0 Å². The summed E-state index contributed by atoms with van der Waals surface area (Å²) in [5.41, 5.74) is -1.27. The van der Waals surface area contributed by atoms with Crippen molar-refractivity contribution in [2.75, 3.05) is 11.9 Å². The third-order valence-electron chi connectivity index (χ3n) is 4.91. The molecule has 3 heterocycles. The number of nitrogens with one attached hydrogen (secondary N) is 2. The predicted molar refractivity (Wildman–Crippen MR) is 115 cm³/mol. The van der Waals surface area contributed by atoms with Crippen LogP contribution in [0.4, 0.5) is 23.4 Å². The van der Waals surface area contributed by atoms with Crippen LogP contribution in [0.5, 0.6) is 0 Å². The molecule has 0 aliphatic carbocycles. The molecule has 14 heteroatoms. The first-order valence-corrected chi connectivity index (χ1v) is 11.6. The molecule has 0 amide bonds. The highest BCUT2D eigenvalue weighted by Gasteiger charge is 2.35. The Kier molecular flexibility index (Phi) is 7.21. The molecule has 3 aromatic heterocycles. The van der Waals surface area contributed by atoms with Crippen LogP contribution in [0.3, 0.4) is 0 Å². The van der Waals surface area contributed by atoms with E-state index in [0.717, 1.165) is 12.3 Å². The van der Waals surface area contributed by atoms with E-state index in [-0.39, 0.29) is 13.1 Å². The number of alkyl halides is 3. The van der Waals surface area contributed by atoms with Crippen LogP contribution in [0.15, 0.2) is 41.6 Å². The van der Waals surface area contributed by atoms with Gasteiger partial charge in [0.15, 0.2) is 0 Å². The van der Waals surface area contributed by atoms with Crippen molar-refractivity contribution in [3.63, 3.8) is 0 Å². The molecule has 0 spiro atoms. The Morgan fingerprint density at radius 2 is 1.79 bits per heavy atom. The van der Waals surface area contributed by atoms with Crippen molar-refractivity contribution in [3.05, 3.63) is 59.6 Å². The summed E-state index contributed by atoms with van der Waals surface area (Å²) in [6.45, 7) is 5.51. The van der Waals surface area contributed by atoms with Crippen LogP contribution in [-0.4, -0.2) is 39.9 Å². The molecule has 34 heavy (non-hydrogen) atoms. The standard InChI is InChI=1S/C20H23F4N7O2S/c1-4-31-11-14(29-30-31)10-26-18-15(6-8-17(28-18)20(22,23)24)34(32,33)27-12-19(2,3)16-7-5-13(21)9-25-16/h5-9,11,27H,4,10,12H2,1-3H3,(H,26,28). The van der Waals surface area contributed by atoms with Gasteiger partial charge in [0.2, 0.25) is 10.0 Å². The molecule has 2 N–H and O–H groups in total. The second-order valence-corrected chi connectivity index (χ2v) is 9.77. The summed E-state index contributed by atoms with van der Waals surface area (Å²) < 4.78 is 82.8. The fourth-order valence-electron chi connectivity index (χ4n) is 2.92. The second-order valence-electron chi connectivity index (χ2n) is 8.03. The summed E-state index contributed by atoms with van der Waals surface area (Å²) in [6, 6.07) is 4.07. The van der Waals surface area contributed by atoms with E-state index in [4.69, 9.17) is 0 Å². The Morgan fingerprint density at radius 3 is 2.38 bits per heavy atom. The summed E-state index contributed by atoms with van der Waals surface area (Å²) in [5.74, 6) is -1.02. The first-order chi connectivity index (χ1) is 15.8. The molecule has 0 atom stereocenters. The zero-order valence-electron chi connectivity index (χ0n) is 18.6. The van der Waals surface area contributed by atoms with Crippen LogP contribution in [0.1, 0.15) is 37.9 Å². The molecular formula is C20H23F4N7O2S. The number of hydrogen-bond acceptors (Lipinski definition) is 7. The first-order valence-electron chi connectivity index (χ1n) is 10.1. The van der Waals surface area contributed by atoms with Crippen LogP contribution in [0.25, 0.3) is 0 Å². The number of nitrogens with zero attached hydrogens (tertiary/aromatic N) is 5. The first kappa shape index (κ1) is 25.5. The summed E-state index contributed by atoms with van der Waals surface area (Å²) in [7, 11) is -4.29. The number of pyridine rings is 2. The van der Waals surface area contributed by atoms with Crippen molar-refractivity contribution < 1.29 is 26.0 Å². The monoisotopic (exact) mass is 501 g/mol. The molecule has 0 radical (unpaired) electrons. The average molecular weight is 502 g/mol. The fraction of sp³-hybridized carbons (Fsp3) is 0.400. The van der Waals surface area contributed by atoms with Crippen molar-refractivity contribution in [1.82, 2.24) is 29.7 Å². The van der Waals surface area contributed by atoms with Crippen molar-refractivity contribution in [1.29, 1.82) is 0 Å².